The molecule has 3 aromatic carbocycles. The van der Waals surface area contributed by atoms with Gasteiger partial charge in [0.05, 0.1) is 24.2 Å². The molecule has 0 unspecified atom stereocenters. The van der Waals surface area contributed by atoms with E-state index in [4.69, 9.17) is 0 Å². The molecule has 4 aliphatic rings. The largest absolute Gasteiger partial charge is 0.347 e. The van der Waals surface area contributed by atoms with E-state index in [0.29, 0.717) is 63.6 Å². The van der Waals surface area contributed by atoms with Crippen LogP contribution in [0.25, 0.3) is 0 Å². The summed E-state index contributed by atoms with van der Waals surface area (Å²) in [7, 11) is 3.39. The highest BCUT2D eigenvalue weighted by molar-refractivity contribution is 5.95. The Morgan fingerprint density at radius 2 is 1.21 bits per heavy atom. The molecule has 2 aliphatic heterocycles. The van der Waals surface area contributed by atoms with Gasteiger partial charge in [-0.15, -0.1) is 24.8 Å². The van der Waals surface area contributed by atoms with Gasteiger partial charge in [-0.2, -0.15) is 0 Å². The summed E-state index contributed by atoms with van der Waals surface area (Å²) in [6, 6.07) is 20.0. The maximum Gasteiger partial charge on any atom is 0.250 e. The van der Waals surface area contributed by atoms with Gasteiger partial charge in [0.25, 0.3) is 0 Å². The summed E-state index contributed by atoms with van der Waals surface area (Å²) in [5, 5.41) is 15.1. The first-order chi connectivity index (χ1) is 31.5. The molecular formula is C52H71Cl2N7O6. The molecule has 3 aromatic rings. The van der Waals surface area contributed by atoms with E-state index >= 15 is 0 Å². The van der Waals surface area contributed by atoms with Crippen LogP contribution in [0, 0.1) is 0 Å². The van der Waals surface area contributed by atoms with E-state index in [-0.39, 0.29) is 72.1 Å². The Hall–Kier alpha value is -4.82. The van der Waals surface area contributed by atoms with Crippen molar-refractivity contribution in [3.8, 4) is 0 Å². The van der Waals surface area contributed by atoms with Crippen LogP contribution in [-0.4, -0.2) is 103 Å². The zero-order valence-corrected chi connectivity index (χ0v) is 41.2. The van der Waals surface area contributed by atoms with Crippen molar-refractivity contribution in [2.45, 2.75) is 152 Å². The van der Waals surface area contributed by atoms with E-state index in [2.05, 4.69) is 50.8 Å². The quantitative estimate of drug-likeness (QED) is 0.104. The van der Waals surface area contributed by atoms with Crippen LogP contribution in [0.5, 0.6) is 0 Å². The number of fused-ring (bicyclic) bond motifs is 2. The summed E-state index contributed by atoms with van der Waals surface area (Å²) >= 11 is 0. The first-order valence-corrected chi connectivity index (χ1v) is 24.1. The third kappa shape index (κ3) is 12.8. The van der Waals surface area contributed by atoms with Crippen LogP contribution >= 0.6 is 24.8 Å². The van der Waals surface area contributed by atoms with Gasteiger partial charge in [0, 0.05) is 19.5 Å². The Kier molecular flexibility index (Phi) is 19.8. The molecule has 0 aromatic heterocycles. The van der Waals surface area contributed by atoms with Crippen LogP contribution in [0.3, 0.4) is 0 Å². The molecule has 67 heavy (non-hydrogen) atoms. The molecule has 8 atom stereocenters. The highest BCUT2D eigenvalue weighted by Crippen LogP contribution is 2.36. The average Bonchev–Trinajstić information content (AvgIpc) is 4.04. The topological polar surface area (TPSA) is 169 Å². The summed E-state index contributed by atoms with van der Waals surface area (Å²) in [6.45, 7) is 4.37. The highest BCUT2D eigenvalue weighted by Gasteiger charge is 2.41. The molecule has 15 heteroatoms. The van der Waals surface area contributed by atoms with Crippen molar-refractivity contribution >= 4 is 60.1 Å². The number of benzene rings is 3. The van der Waals surface area contributed by atoms with Gasteiger partial charge in [0.15, 0.2) is 5.78 Å². The maximum absolute atomic E-state index is 14.5. The SMILES string of the molecule is CN[C@@H](C)C(=O)N[C@@H](CCCc1ccc([C@H](NC(=O)[C@H](C)NC)C(=O)N2CCC[C@H]2C(=O)C[C@@H]2CCCc3ccccc32)cc1)C(=O)N1CCC[C@H]1C(=O)N[C@@H]1CCCc2ccccc21.Cl.Cl. The van der Waals surface area contributed by atoms with Gasteiger partial charge in [-0.25, -0.2) is 0 Å². The van der Waals surface area contributed by atoms with E-state index in [9.17, 15) is 28.8 Å². The predicted octanol–water partition coefficient (Wildman–Crippen LogP) is 5.97. The second-order valence-corrected chi connectivity index (χ2v) is 18.6. The van der Waals surface area contributed by atoms with Crippen LogP contribution in [0.15, 0.2) is 72.8 Å². The predicted molar refractivity (Wildman–Crippen MR) is 265 cm³/mol. The minimum Gasteiger partial charge on any atom is -0.347 e. The Labute approximate surface area is 408 Å². The van der Waals surface area contributed by atoms with E-state index < -0.39 is 36.3 Å². The van der Waals surface area contributed by atoms with E-state index in [0.717, 1.165) is 56.1 Å². The molecular weight excluding hydrogens is 890 g/mol. The molecule has 0 spiro atoms. The number of likely N-dealkylation sites (N-methyl/N-ethyl adjacent to an activating group) is 2. The monoisotopic (exact) mass is 959 g/mol. The highest BCUT2D eigenvalue weighted by atomic mass is 35.5. The van der Waals surface area contributed by atoms with Gasteiger partial charge in [-0.3, -0.25) is 28.8 Å². The van der Waals surface area contributed by atoms with Gasteiger partial charge in [0.2, 0.25) is 29.5 Å². The van der Waals surface area contributed by atoms with Crippen LogP contribution in [0.4, 0.5) is 0 Å². The fourth-order valence-corrected chi connectivity index (χ4v) is 10.4. The fraction of sp³-hybridized carbons (Fsp3) is 0.538. The normalized spacial score (nSPS) is 21.5. The molecule has 0 bridgehead atoms. The molecule has 0 saturated carbocycles. The van der Waals surface area contributed by atoms with Crippen molar-refractivity contribution in [2.24, 2.45) is 0 Å². The van der Waals surface area contributed by atoms with E-state index in [1.165, 1.54) is 16.7 Å². The minimum atomic E-state index is -0.985. The third-order valence-electron chi connectivity index (χ3n) is 14.4. The number of ketones is 1. The summed E-state index contributed by atoms with van der Waals surface area (Å²) in [5.41, 5.74) is 6.51. The van der Waals surface area contributed by atoms with Crippen molar-refractivity contribution in [1.29, 1.82) is 0 Å². The fourth-order valence-electron chi connectivity index (χ4n) is 10.4. The number of aryl methyl sites for hydroxylation is 3. The number of halogens is 2. The zero-order valence-electron chi connectivity index (χ0n) is 39.5. The molecule has 2 fully saturated rings. The second kappa shape index (κ2) is 25.0. The van der Waals surface area contributed by atoms with E-state index in [1.807, 2.05) is 48.5 Å². The number of nitrogens with zero attached hydrogens (tertiary/aromatic N) is 2. The maximum atomic E-state index is 14.5. The second-order valence-electron chi connectivity index (χ2n) is 18.6. The minimum absolute atomic E-state index is 0. The Morgan fingerprint density at radius 1 is 0.642 bits per heavy atom. The van der Waals surface area contributed by atoms with Crippen LogP contribution < -0.4 is 26.6 Å². The molecule has 364 valence electrons. The lowest BCUT2D eigenvalue weighted by atomic mass is 9.79. The molecule has 7 rings (SSSR count). The number of nitrogens with one attached hydrogen (secondary N) is 5. The number of carbonyl (C=O) groups excluding carboxylic acids is 6. The number of likely N-dealkylation sites (tertiary alicyclic amines) is 2. The summed E-state index contributed by atoms with van der Waals surface area (Å²) < 4.78 is 0. The Bertz CT molecular complexity index is 2190. The summed E-state index contributed by atoms with van der Waals surface area (Å²) in [5.74, 6) is -1.10. The van der Waals surface area contributed by atoms with E-state index in [1.54, 1.807) is 37.7 Å². The molecule has 5 amide bonds. The number of Topliss-reactive ketones (excluding diaryl/α,β-unsaturated/α-hetero) is 1. The molecule has 13 nitrogen and oxygen atoms in total. The summed E-state index contributed by atoms with van der Waals surface area (Å²) in [4.78, 5) is 86.5. The number of rotatable bonds is 18. The number of hydrogen-bond donors (Lipinski definition) is 5. The van der Waals surface area contributed by atoms with Crippen molar-refractivity contribution in [3.05, 3.63) is 106 Å². The van der Waals surface area contributed by atoms with Gasteiger partial charge in [-0.1, -0.05) is 72.8 Å². The number of hydrogen-bond acceptors (Lipinski definition) is 8. The van der Waals surface area contributed by atoms with Crippen LogP contribution in [-0.2, 0) is 48.0 Å². The van der Waals surface area contributed by atoms with Crippen LogP contribution in [0.1, 0.15) is 136 Å². The Morgan fingerprint density at radius 3 is 1.87 bits per heavy atom. The number of amides is 5. The lowest BCUT2D eigenvalue weighted by Crippen LogP contribution is -2.55. The van der Waals surface area contributed by atoms with Crippen LogP contribution in [0.2, 0.25) is 0 Å². The van der Waals surface area contributed by atoms with Gasteiger partial charge in [0.1, 0.15) is 18.1 Å². The first-order valence-electron chi connectivity index (χ1n) is 24.1. The van der Waals surface area contributed by atoms with Gasteiger partial charge < -0.3 is 36.4 Å². The lowest BCUT2D eigenvalue weighted by Gasteiger charge is -2.32. The third-order valence-corrected chi connectivity index (χ3v) is 14.4. The summed E-state index contributed by atoms with van der Waals surface area (Å²) in [6.07, 6.45) is 10.3. The zero-order chi connectivity index (χ0) is 46.0. The Balaban J connectivity index is 0.00000420. The average molecular weight is 961 g/mol. The van der Waals surface area contributed by atoms with Gasteiger partial charge in [-0.05, 0) is 151 Å². The van der Waals surface area contributed by atoms with Crippen molar-refractivity contribution < 1.29 is 28.8 Å². The molecule has 2 aliphatic carbocycles. The standard InChI is InChI=1S/C52H69N7O6.2ClH/c1-33(53-3)48(61)56-43(51(64)59-31-13-25-45(59)50(63)55-42-22-11-18-37-16-6-8-21-41(37)42)23-9-14-35-26-28-38(29-27-35)47(57-49(62)34(2)54-4)52(65)58-30-12-24-44(58)46(60)32-39-19-10-17-36-15-5-7-20-40(36)39;;/h5-8,15-16,20-21,26-29,33-34,39,42-45,47,53-54H,9-14,17-19,22-25,30-32H2,1-4H3,(H,55,63)(H,56,61)(H,57,62);2*1H/t33-,34-,39-,42+,43-,44-,45-,47-;;/m0../s1. The lowest BCUT2D eigenvalue weighted by molar-refractivity contribution is -0.142. The van der Waals surface area contributed by atoms with Crippen molar-refractivity contribution in [3.63, 3.8) is 0 Å². The number of carbonyl (C=O) groups is 6. The van der Waals surface area contributed by atoms with Crippen molar-refractivity contribution in [1.82, 2.24) is 36.4 Å². The molecule has 2 saturated heterocycles. The van der Waals surface area contributed by atoms with Crippen molar-refractivity contribution in [2.75, 3.05) is 27.2 Å². The first kappa shape index (κ1) is 53.1. The van der Waals surface area contributed by atoms with Gasteiger partial charge >= 0.3 is 0 Å². The smallest absolute Gasteiger partial charge is 0.250 e. The molecule has 2 heterocycles. The molecule has 5 N–H and O–H groups in total. The molecule has 0 radical (unpaired) electrons.